The minimum absolute atomic E-state index is 0.599. The Morgan fingerprint density at radius 3 is 2.40 bits per heavy atom. The monoisotopic (exact) mass is 329 g/mol. The van der Waals surface area contributed by atoms with E-state index in [0.717, 1.165) is 30.0 Å². The van der Waals surface area contributed by atoms with Crippen LogP contribution in [0.5, 0.6) is 0 Å². The Morgan fingerprint density at radius 2 is 1.64 bits per heavy atom. The normalized spacial score (nSPS) is 10.9. The van der Waals surface area contributed by atoms with Crippen molar-refractivity contribution in [2.75, 3.05) is 5.32 Å². The molecule has 0 radical (unpaired) electrons. The molecule has 0 unspecified atom stereocenters. The van der Waals surface area contributed by atoms with Crippen LogP contribution in [-0.2, 0) is 12.8 Å². The highest BCUT2D eigenvalue weighted by Crippen LogP contribution is 2.18. The summed E-state index contributed by atoms with van der Waals surface area (Å²) < 4.78 is 1.70. The lowest BCUT2D eigenvalue weighted by molar-refractivity contribution is 0.936. The van der Waals surface area contributed by atoms with Gasteiger partial charge < -0.3 is 5.32 Å². The van der Waals surface area contributed by atoms with Crippen LogP contribution in [0.4, 0.5) is 11.5 Å². The molecule has 4 aromatic rings. The fourth-order valence-corrected chi connectivity index (χ4v) is 2.86. The van der Waals surface area contributed by atoms with E-state index in [0.29, 0.717) is 5.78 Å². The highest BCUT2D eigenvalue weighted by molar-refractivity contribution is 5.59. The van der Waals surface area contributed by atoms with Gasteiger partial charge in [-0.3, -0.25) is 0 Å². The Labute approximate surface area is 146 Å². The lowest BCUT2D eigenvalue weighted by atomic mass is 10.0. The van der Waals surface area contributed by atoms with Gasteiger partial charge in [0, 0.05) is 17.4 Å². The summed E-state index contributed by atoms with van der Waals surface area (Å²) in [6, 6.07) is 21.1. The molecular formula is C20H19N5. The van der Waals surface area contributed by atoms with Crippen LogP contribution in [0, 0.1) is 6.92 Å². The fourth-order valence-electron chi connectivity index (χ4n) is 2.86. The van der Waals surface area contributed by atoms with Crippen molar-refractivity contribution < 1.29 is 0 Å². The topological polar surface area (TPSA) is 55.1 Å². The summed E-state index contributed by atoms with van der Waals surface area (Å²) >= 11 is 0. The quantitative estimate of drug-likeness (QED) is 0.602. The molecule has 2 aromatic carbocycles. The van der Waals surface area contributed by atoms with Crippen LogP contribution >= 0.6 is 0 Å². The first-order chi connectivity index (χ1) is 12.3. The number of nitrogens with one attached hydrogen (secondary N) is 1. The average molecular weight is 329 g/mol. The van der Waals surface area contributed by atoms with Crippen LogP contribution in [-0.4, -0.2) is 19.6 Å². The van der Waals surface area contributed by atoms with E-state index in [4.69, 9.17) is 0 Å². The molecule has 124 valence electrons. The van der Waals surface area contributed by atoms with Gasteiger partial charge in [0.1, 0.15) is 12.1 Å². The second-order valence-corrected chi connectivity index (χ2v) is 6.06. The summed E-state index contributed by atoms with van der Waals surface area (Å²) in [5.74, 6) is 1.46. The number of benzene rings is 2. The molecule has 0 aliphatic carbocycles. The number of aromatic nitrogens is 4. The van der Waals surface area contributed by atoms with Crippen LogP contribution in [0.25, 0.3) is 5.78 Å². The number of fused-ring (bicyclic) bond motifs is 1. The van der Waals surface area contributed by atoms with Gasteiger partial charge in [0.05, 0.1) is 0 Å². The summed E-state index contributed by atoms with van der Waals surface area (Å²) in [5, 5.41) is 7.61. The number of anilines is 2. The highest BCUT2D eigenvalue weighted by atomic mass is 15.3. The van der Waals surface area contributed by atoms with Crippen molar-refractivity contribution in [1.29, 1.82) is 0 Å². The lowest BCUT2D eigenvalue weighted by Gasteiger charge is -2.09. The summed E-state index contributed by atoms with van der Waals surface area (Å²) in [7, 11) is 0. The Kier molecular flexibility index (Phi) is 4.12. The molecule has 0 bridgehead atoms. The van der Waals surface area contributed by atoms with E-state index in [1.54, 1.807) is 4.52 Å². The van der Waals surface area contributed by atoms with E-state index < -0.39 is 0 Å². The van der Waals surface area contributed by atoms with Gasteiger partial charge in [-0.15, -0.1) is 0 Å². The van der Waals surface area contributed by atoms with Crippen LogP contribution in [0.3, 0.4) is 0 Å². The predicted molar refractivity (Wildman–Crippen MR) is 99.1 cm³/mol. The van der Waals surface area contributed by atoms with E-state index in [2.05, 4.69) is 75.0 Å². The minimum atomic E-state index is 0.599. The molecule has 25 heavy (non-hydrogen) atoms. The first-order valence-corrected chi connectivity index (χ1v) is 8.35. The maximum absolute atomic E-state index is 4.35. The summed E-state index contributed by atoms with van der Waals surface area (Å²) in [4.78, 5) is 8.50. The number of aryl methyl sites for hydroxylation is 3. The van der Waals surface area contributed by atoms with Gasteiger partial charge in [0.2, 0.25) is 0 Å². The van der Waals surface area contributed by atoms with Gasteiger partial charge in [0.25, 0.3) is 5.78 Å². The second kappa shape index (κ2) is 6.73. The molecule has 0 spiro atoms. The lowest BCUT2D eigenvalue weighted by Crippen LogP contribution is -2.02. The Hall–Kier alpha value is -3.21. The van der Waals surface area contributed by atoms with Crippen molar-refractivity contribution in [3.63, 3.8) is 0 Å². The zero-order chi connectivity index (χ0) is 17.1. The molecule has 0 fully saturated rings. The zero-order valence-electron chi connectivity index (χ0n) is 14.1. The molecule has 0 aliphatic heterocycles. The molecule has 2 aromatic heterocycles. The predicted octanol–water partition coefficient (Wildman–Crippen LogP) is 3.96. The van der Waals surface area contributed by atoms with Crippen molar-refractivity contribution in [2.45, 2.75) is 19.8 Å². The molecule has 4 rings (SSSR count). The molecule has 0 aliphatic rings. The minimum Gasteiger partial charge on any atom is -0.340 e. The van der Waals surface area contributed by atoms with Crippen LogP contribution < -0.4 is 5.32 Å². The van der Waals surface area contributed by atoms with Crippen LogP contribution in [0.15, 0.2) is 67.0 Å². The molecular weight excluding hydrogens is 310 g/mol. The van der Waals surface area contributed by atoms with Crippen molar-refractivity contribution in [3.05, 3.63) is 83.8 Å². The fraction of sp³-hybridized carbons (Fsp3) is 0.150. The average Bonchev–Trinajstić information content (AvgIpc) is 3.10. The SMILES string of the molecule is Cc1cc(Nc2ccc(CCc3ccccc3)cc2)n2ncnc2n1. The van der Waals surface area contributed by atoms with Gasteiger partial charge in [-0.1, -0.05) is 42.5 Å². The first-order valence-electron chi connectivity index (χ1n) is 8.35. The highest BCUT2D eigenvalue weighted by Gasteiger charge is 2.06. The van der Waals surface area contributed by atoms with Crippen LogP contribution in [0.1, 0.15) is 16.8 Å². The third-order valence-corrected chi connectivity index (χ3v) is 4.15. The van der Waals surface area contributed by atoms with Gasteiger partial charge in [-0.2, -0.15) is 14.6 Å². The van der Waals surface area contributed by atoms with Gasteiger partial charge in [0.15, 0.2) is 0 Å². The van der Waals surface area contributed by atoms with E-state index >= 15 is 0 Å². The molecule has 0 amide bonds. The standard InChI is InChI=1S/C20H19N5/c1-15-13-19(25-20(23-15)21-14-22-25)24-18-11-9-17(10-12-18)8-7-16-5-3-2-4-6-16/h2-6,9-14,24H,7-8H2,1H3. The second-order valence-electron chi connectivity index (χ2n) is 6.06. The van der Waals surface area contributed by atoms with Crippen molar-refractivity contribution in [3.8, 4) is 0 Å². The number of hydrogen-bond acceptors (Lipinski definition) is 4. The molecule has 5 heteroatoms. The Balaban J connectivity index is 1.47. The number of rotatable bonds is 5. The van der Waals surface area contributed by atoms with Crippen molar-refractivity contribution in [2.24, 2.45) is 0 Å². The molecule has 0 saturated carbocycles. The summed E-state index contributed by atoms with van der Waals surface area (Å²) in [6.45, 7) is 1.95. The molecule has 0 atom stereocenters. The molecule has 1 N–H and O–H groups in total. The van der Waals surface area contributed by atoms with Crippen molar-refractivity contribution in [1.82, 2.24) is 19.6 Å². The molecule has 5 nitrogen and oxygen atoms in total. The first kappa shape index (κ1) is 15.3. The number of nitrogens with zero attached hydrogens (tertiary/aromatic N) is 4. The van der Waals surface area contributed by atoms with Crippen molar-refractivity contribution >= 4 is 17.3 Å². The summed E-state index contributed by atoms with van der Waals surface area (Å²) in [5.41, 5.74) is 4.62. The van der Waals surface area contributed by atoms with E-state index in [9.17, 15) is 0 Å². The van der Waals surface area contributed by atoms with Gasteiger partial charge in [-0.05, 0) is 43.0 Å². The van der Waals surface area contributed by atoms with E-state index in [1.165, 1.54) is 17.5 Å². The third-order valence-electron chi connectivity index (χ3n) is 4.15. The number of hydrogen-bond donors (Lipinski definition) is 1. The smallest absolute Gasteiger partial charge is 0.254 e. The summed E-state index contributed by atoms with van der Waals surface area (Å²) in [6.07, 6.45) is 3.60. The third kappa shape index (κ3) is 3.50. The largest absolute Gasteiger partial charge is 0.340 e. The van der Waals surface area contributed by atoms with E-state index in [1.807, 2.05) is 13.0 Å². The van der Waals surface area contributed by atoms with Gasteiger partial charge >= 0.3 is 0 Å². The Bertz CT molecular complexity index is 974. The zero-order valence-corrected chi connectivity index (χ0v) is 14.1. The Morgan fingerprint density at radius 1 is 0.920 bits per heavy atom. The van der Waals surface area contributed by atoms with Gasteiger partial charge in [-0.25, -0.2) is 4.98 Å². The molecule has 0 saturated heterocycles. The maximum Gasteiger partial charge on any atom is 0.254 e. The molecule has 2 heterocycles. The van der Waals surface area contributed by atoms with E-state index in [-0.39, 0.29) is 0 Å². The maximum atomic E-state index is 4.35. The van der Waals surface area contributed by atoms with Crippen LogP contribution in [0.2, 0.25) is 0 Å².